The molecule has 0 spiro atoms. The first-order chi connectivity index (χ1) is 23.8. The molecule has 0 aliphatic rings. The molecule has 8 aromatic carbocycles. The van der Waals surface area contributed by atoms with Gasteiger partial charge in [0.05, 0.1) is 5.69 Å². The number of fused-ring (bicyclic) bond motifs is 5. The number of para-hydroxylation sites is 1. The van der Waals surface area contributed by atoms with Crippen molar-refractivity contribution in [3.63, 3.8) is 0 Å². The third-order valence-corrected chi connectivity index (χ3v) is 9.23. The maximum absolute atomic E-state index is 6.76. The molecule has 0 saturated heterocycles. The highest BCUT2D eigenvalue weighted by atomic mass is 16.3. The molecule has 2 heteroatoms. The molecule has 0 radical (unpaired) electrons. The van der Waals surface area contributed by atoms with Gasteiger partial charge in [-0.25, -0.2) is 0 Å². The monoisotopic (exact) mass is 613 g/mol. The normalized spacial score (nSPS) is 11.3. The Morgan fingerprint density at radius 3 is 1.48 bits per heavy atom. The van der Waals surface area contributed by atoms with E-state index in [2.05, 4.69) is 187 Å². The second-order valence-electron chi connectivity index (χ2n) is 12.2. The summed E-state index contributed by atoms with van der Waals surface area (Å²) in [5, 5.41) is 4.61. The second kappa shape index (κ2) is 11.8. The molecule has 48 heavy (non-hydrogen) atoms. The molecule has 0 saturated carbocycles. The summed E-state index contributed by atoms with van der Waals surface area (Å²) in [5.41, 5.74) is 12.0. The average molecular weight is 614 g/mol. The van der Waals surface area contributed by atoms with Crippen LogP contribution in [-0.4, -0.2) is 0 Å². The van der Waals surface area contributed by atoms with Crippen LogP contribution < -0.4 is 4.90 Å². The van der Waals surface area contributed by atoms with Gasteiger partial charge < -0.3 is 9.32 Å². The lowest BCUT2D eigenvalue weighted by atomic mass is 9.99. The minimum atomic E-state index is 0.873. The van der Waals surface area contributed by atoms with Crippen LogP contribution >= 0.6 is 0 Å². The Morgan fingerprint density at radius 1 is 0.354 bits per heavy atom. The topological polar surface area (TPSA) is 16.4 Å². The summed E-state index contributed by atoms with van der Waals surface area (Å²) in [6.45, 7) is 0. The predicted octanol–water partition coefficient (Wildman–Crippen LogP) is 13.2. The highest BCUT2D eigenvalue weighted by Gasteiger charge is 2.22. The largest absolute Gasteiger partial charge is 0.454 e. The highest BCUT2D eigenvalue weighted by Crippen LogP contribution is 2.46. The first-order valence-corrected chi connectivity index (χ1v) is 16.3. The maximum Gasteiger partial charge on any atom is 0.160 e. The van der Waals surface area contributed by atoms with Gasteiger partial charge in [-0.2, -0.15) is 0 Å². The second-order valence-corrected chi connectivity index (χ2v) is 12.2. The Balaban J connectivity index is 1.26. The van der Waals surface area contributed by atoms with Crippen LogP contribution in [0, 0.1) is 0 Å². The molecule has 1 aromatic heterocycles. The van der Waals surface area contributed by atoms with E-state index in [1.54, 1.807) is 0 Å². The molecule has 0 aliphatic carbocycles. The molecule has 226 valence electrons. The summed E-state index contributed by atoms with van der Waals surface area (Å²) in [6.07, 6.45) is 0. The highest BCUT2D eigenvalue weighted by molar-refractivity contribution is 6.23. The minimum absolute atomic E-state index is 0.873. The number of hydrogen-bond acceptors (Lipinski definition) is 2. The Kier molecular flexibility index (Phi) is 6.84. The van der Waals surface area contributed by atoms with Gasteiger partial charge in [0, 0.05) is 22.1 Å². The molecule has 0 N–H and O–H groups in total. The first-order valence-electron chi connectivity index (χ1n) is 16.3. The van der Waals surface area contributed by atoms with Gasteiger partial charge in [0.25, 0.3) is 0 Å². The fraction of sp³-hybridized carbons (Fsp3) is 0. The molecule has 0 unspecified atom stereocenters. The molecule has 1 heterocycles. The average Bonchev–Trinajstić information content (AvgIpc) is 3.56. The third-order valence-electron chi connectivity index (χ3n) is 9.23. The summed E-state index contributed by atoms with van der Waals surface area (Å²) in [5.74, 6) is 0. The smallest absolute Gasteiger partial charge is 0.160 e. The number of hydrogen-bond donors (Lipinski definition) is 0. The Bertz CT molecular complexity index is 2550. The van der Waals surface area contributed by atoms with Gasteiger partial charge in [-0.3, -0.25) is 0 Å². The number of nitrogens with zero attached hydrogens (tertiary/aromatic N) is 1. The standard InChI is InChI=1S/C46H31NO/c1-3-13-32(14-4-1)34-25-27-35(28-26-34)37-19-12-21-40(30-37)47(39-20-11-18-36(29-39)33-15-5-2-6-16-33)43-31-38-17-7-8-22-41(38)45-42-23-9-10-24-44(42)48-46(43)45/h1-31H. The zero-order chi connectivity index (χ0) is 31.9. The van der Waals surface area contributed by atoms with Gasteiger partial charge in [0.15, 0.2) is 5.58 Å². The Hall–Kier alpha value is -6.38. The van der Waals surface area contributed by atoms with Crippen molar-refractivity contribution in [1.29, 1.82) is 0 Å². The van der Waals surface area contributed by atoms with E-state index in [0.717, 1.165) is 50.1 Å². The summed E-state index contributed by atoms with van der Waals surface area (Å²) >= 11 is 0. The summed E-state index contributed by atoms with van der Waals surface area (Å²) in [6, 6.07) is 66.8. The fourth-order valence-electron chi connectivity index (χ4n) is 6.92. The minimum Gasteiger partial charge on any atom is -0.454 e. The number of anilines is 3. The van der Waals surface area contributed by atoms with Gasteiger partial charge in [-0.05, 0) is 80.6 Å². The summed E-state index contributed by atoms with van der Waals surface area (Å²) < 4.78 is 6.76. The number of furan rings is 1. The molecule has 0 fully saturated rings. The molecule has 0 bridgehead atoms. The molecule has 9 rings (SSSR count). The van der Waals surface area contributed by atoms with Crippen LogP contribution in [0.2, 0.25) is 0 Å². The lowest BCUT2D eigenvalue weighted by Crippen LogP contribution is -2.10. The van der Waals surface area contributed by atoms with Gasteiger partial charge in [-0.1, -0.05) is 152 Å². The quantitative estimate of drug-likeness (QED) is 0.185. The van der Waals surface area contributed by atoms with Gasteiger partial charge in [0.2, 0.25) is 0 Å². The van der Waals surface area contributed by atoms with Gasteiger partial charge >= 0.3 is 0 Å². The van der Waals surface area contributed by atoms with Gasteiger partial charge in [0.1, 0.15) is 5.58 Å². The van der Waals surface area contributed by atoms with Crippen LogP contribution in [0.3, 0.4) is 0 Å². The summed E-state index contributed by atoms with van der Waals surface area (Å²) in [4.78, 5) is 2.35. The van der Waals surface area contributed by atoms with E-state index in [4.69, 9.17) is 4.42 Å². The molecule has 2 nitrogen and oxygen atoms in total. The molecular formula is C46H31NO. The van der Waals surface area contributed by atoms with E-state index < -0.39 is 0 Å². The van der Waals surface area contributed by atoms with E-state index in [9.17, 15) is 0 Å². The van der Waals surface area contributed by atoms with Crippen LogP contribution in [-0.2, 0) is 0 Å². The molecular weight excluding hydrogens is 583 g/mol. The third kappa shape index (κ3) is 4.92. The van der Waals surface area contributed by atoms with Crippen molar-refractivity contribution >= 4 is 49.8 Å². The Labute approximate surface area is 279 Å². The Morgan fingerprint density at radius 2 is 0.833 bits per heavy atom. The van der Waals surface area contributed by atoms with Crippen molar-refractivity contribution in [2.24, 2.45) is 0 Å². The van der Waals surface area contributed by atoms with Crippen LogP contribution in [0.25, 0.3) is 66.1 Å². The van der Waals surface area contributed by atoms with Crippen LogP contribution in [0.4, 0.5) is 17.1 Å². The van der Waals surface area contributed by atoms with E-state index >= 15 is 0 Å². The number of benzene rings is 8. The van der Waals surface area contributed by atoms with E-state index in [0.29, 0.717) is 0 Å². The van der Waals surface area contributed by atoms with Crippen molar-refractivity contribution in [3.05, 3.63) is 188 Å². The van der Waals surface area contributed by atoms with Gasteiger partial charge in [-0.15, -0.1) is 0 Å². The molecule has 0 amide bonds. The lowest BCUT2D eigenvalue weighted by Gasteiger charge is -2.27. The molecule has 9 aromatic rings. The van der Waals surface area contributed by atoms with Crippen molar-refractivity contribution in [3.8, 4) is 33.4 Å². The zero-order valence-electron chi connectivity index (χ0n) is 26.3. The first kappa shape index (κ1) is 27.9. The SMILES string of the molecule is c1ccc(-c2ccc(-c3cccc(N(c4cccc(-c5ccccc5)c4)c4cc5ccccc5c5c4oc4ccccc45)c3)cc2)cc1. The van der Waals surface area contributed by atoms with Crippen LogP contribution in [0.5, 0.6) is 0 Å². The number of rotatable bonds is 6. The predicted molar refractivity (Wildman–Crippen MR) is 202 cm³/mol. The van der Waals surface area contributed by atoms with E-state index in [-0.39, 0.29) is 0 Å². The molecule has 0 aliphatic heterocycles. The lowest BCUT2D eigenvalue weighted by molar-refractivity contribution is 0.669. The van der Waals surface area contributed by atoms with E-state index in [1.165, 1.54) is 33.0 Å². The van der Waals surface area contributed by atoms with Crippen LogP contribution in [0.1, 0.15) is 0 Å². The van der Waals surface area contributed by atoms with E-state index in [1.807, 2.05) is 6.07 Å². The summed E-state index contributed by atoms with van der Waals surface area (Å²) in [7, 11) is 0. The zero-order valence-corrected chi connectivity index (χ0v) is 26.3. The van der Waals surface area contributed by atoms with Crippen molar-refractivity contribution in [2.45, 2.75) is 0 Å². The molecule has 0 atom stereocenters. The van der Waals surface area contributed by atoms with Crippen molar-refractivity contribution in [2.75, 3.05) is 4.90 Å². The van der Waals surface area contributed by atoms with Crippen molar-refractivity contribution < 1.29 is 4.42 Å². The van der Waals surface area contributed by atoms with Crippen molar-refractivity contribution in [1.82, 2.24) is 0 Å². The maximum atomic E-state index is 6.76. The van der Waals surface area contributed by atoms with Crippen LogP contribution in [0.15, 0.2) is 192 Å². The fourth-order valence-corrected chi connectivity index (χ4v) is 6.92.